The number of ether oxygens (including phenoxy) is 2. The van der Waals surface area contributed by atoms with Crippen LogP contribution in [0.1, 0.15) is 61.1 Å². The van der Waals surface area contributed by atoms with Gasteiger partial charge in [-0.05, 0) is 45.2 Å². The van der Waals surface area contributed by atoms with Gasteiger partial charge in [-0.2, -0.15) is 0 Å². The van der Waals surface area contributed by atoms with Gasteiger partial charge in [0, 0.05) is 37.0 Å². The molecule has 150 valence electrons. The molecule has 0 saturated heterocycles. The van der Waals surface area contributed by atoms with Crippen LogP contribution in [0.4, 0.5) is 0 Å². The number of hydrogen-bond acceptors (Lipinski definition) is 5. The molecular formula is C23H29NO4. The van der Waals surface area contributed by atoms with Crippen LogP contribution in [0.3, 0.4) is 0 Å². The number of benzene rings is 2. The smallest absolute Gasteiger partial charge is 0.305 e. The van der Waals surface area contributed by atoms with Crippen molar-refractivity contribution in [1.29, 1.82) is 0 Å². The van der Waals surface area contributed by atoms with Crippen LogP contribution in [-0.4, -0.2) is 11.8 Å². The number of hydrogen-bond donors (Lipinski definition) is 1. The van der Waals surface area contributed by atoms with E-state index >= 15 is 0 Å². The maximum atomic E-state index is 11.4. The van der Waals surface area contributed by atoms with E-state index in [9.17, 15) is 4.79 Å². The Morgan fingerprint density at radius 1 is 1.14 bits per heavy atom. The highest BCUT2D eigenvalue weighted by atomic mass is 16.7. The standard InChI is InChI=1S/C23H29NO4/c1-14-15(2)22-20(12-13-23(6,27-22)26-18(5)25)16(3)21(14)28-24-17(4)19-10-8-7-9-11-19/h7-11,17,24H,12-13H2,1-6H3/t17-,23+/m1/s1. The second kappa shape index (κ2) is 7.84. The highest BCUT2D eigenvalue weighted by molar-refractivity contribution is 5.66. The summed E-state index contributed by atoms with van der Waals surface area (Å²) < 4.78 is 11.6. The first-order valence-corrected chi connectivity index (χ1v) is 9.70. The van der Waals surface area contributed by atoms with E-state index in [1.165, 1.54) is 6.92 Å². The monoisotopic (exact) mass is 383 g/mol. The first kappa shape index (κ1) is 20.2. The molecule has 5 nitrogen and oxygen atoms in total. The maximum absolute atomic E-state index is 11.4. The Kier molecular flexibility index (Phi) is 5.66. The molecule has 0 aromatic heterocycles. The molecule has 0 saturated carbocycles. The molecule has 2 aromatic carbocycles. The molecule has 1 aliphatic heterocycles. The van der Waals surface area contributed by atoms with Crippen LogP contribution >= 0.6 is 0 Å². The van der Waals surface area contributed by atoms with Crippen molar-refractivity contribution >= 4 is 5.97 Å². The molecule has 3 rings (SSSR count). The maximum Gasteiger partial charge on any atom is 0.305 e. The van der Waals surface area contributed by atoms with Crippen molar-refractivity contribution in [2.75, 3.05) is 0 Å². The predicted octanol–water partition coefficient (Wildman–Crippen LogP) is 4.86. The van der Waals surface area contributed by atoms with Crippen LogP contribution in [0.5, 0.6) is 11.5 Å². The second-order valence-electron chi connectivity index (χ2n) is 7.69. The van der Waals surface area contributed by atoms with Gasteiger partial charge in [-0.1, -0.05) is 30.3 Å². The van der Waals surface area contributed by atoms with Gasteiger partial charge in [0.05, 0.1) is 6.04 Å². The number of rotatable bonds is 5. The lowest BCUT2D eigenvalue weighted by atomic mass is 9.91. The Labute approximate surface area is 167 Å². The van der Waals surface area contributed by atoms with Crippen LogP contribution in [0.2, 0.25) is 0 Å². The van der Waals surface area contributed by atoms with Crippen molar-refractivity contribution in [3.05, 3.63) is 58.1 Å². The highest BCUT2D eigenvalue weighted by Crippen LogP contribution is 2.44. The van der Waals surface area contributed by atoms with Crippen molar-refractivity contribution in [3.8, 4) is 11.5 Å². The molecule has 0 amide bonds. The SMILES string of the molecule is CC(=O)O[C@]1(C)CCc2c(C)c(ON[C@H](C)c3ccccc3)c(C)c(C)c2O1. The van der Waals surface area contributed by atoms with Crippen molar-refractivity contribution in [2.24, 2.45) is 0 Å². The Morgan fingerprint density at radius 3 is 2.46 bits per heavy atom. The highest BCUT2D eigenvalue weighted by Gasteiger charge is 2.37. The van der Waals surface area contributed by atoms with Crippen molar-refractivity contribution in [1.82, 2.24) is 5.48 Å². The molecule has 0 bridgehead atoms. The van der Waals surface area contributed by atoms with Crippen molar-refractivity contribution in [2.45, 2.75) is 66.2 Å². The molecule has 28 heavy (non-hydrogen) atoms. The topological polar surface area (TPSA) is 56.8 Å². The summed E-state index contributed by atoms with van der Waals surface area (Å²) in [5, 5.41) is 0. The predicted molar refractivity (Wildman–Crippen MR) is 108 cm³/mol. The minimum absolute atomic E-state index is 0.0554. The van der Waals surface area contributed by atoms with Gasteiger partial charge >= 0.3 is 5.97 Å². The lowest BCUT2D eigenvalue weighted by Gasteiger charge is -2.37. The number of hydroxylamine groups is 1. The summed E-state index contributed by atoms with van der Waals surface area (Å²) in [7, 11) is 0. The first-order valence-electron chi connectivity index (χ1n) is 9.70. The second-order valence-corrected chi connectivity index (χ2v) is 7.69. The summed E-state index contributed by atoms with van der Waals surface area (Å²) in [5.41, 5.74) is 8.50. The summed E-state index contributed by atoms with van der Waals surface area (Å²) in [6.45, 7) is 11.4. The third-order valence-electron chi connectivity index (χ3n) is 5.46. The van der Waals surface area contributed by atoms with E-state index in [0.29, 0.717) is 6.42 Å². The molecule has 2 aromatic rings. The van der Waals surface area contributed by atoms with Crippen LogP contribution in [0.25, 0.3) is 0 Å². The molecule has 5 heteroatoms. The van der Waals surface area contributed by atoms with E-state index < -0.39 is 5.79 Å². The van der Waals surface area contributed by atoms with Gasteiger partial charge in [-0.15, -0.1) is 5.48 Å². The van der Waals surface area contributed by atoms with E-state index in [0.717, 1.165) is 45.7 Å². The summed E-state index contributed by atoms with van der Waals surface area (Å²) in [6, 6.07) is 10.2. The lowest BCUT2D eigenvalue weighted by molar-refractivity contribution is -0.194. The van der Waals surface area contributed by atoms with Gasteiger partial charge < -0.3 is 14.3 Å². The molecule has 1 aliphatic rings. The van der Waals surface area contributed by atoms with Gasteiger partial charge in [0.15, 0.2) is 5.75 Å². The average Bonchev–Trinajstić information content (AvgIpc) is 2.65. The van der Waals surface area contributed by atoms with Gasteiger partial charge in [0.1, 0.15) is 5.75 Å². The van der Waals surface area contributed by atoms with Gasteiger partial charge in [-0.25, -0.2) is 0 Å². The molecule has 1 N–H and O–H groups in total. The molecule has 0 fully saturated rings. The van der Waals surface area contributed by atoms with Gasteiger partial charge in [0.25, 0.3) is 5.79 Å². The number of nitrogens with one attached hydrogen (secondary N) is 1. The summed E-state index contributed by atoms with van der Waals surface area (Å²) in [6.07, 6.45) is 1.37. The quantitative estimate of drug-likeness (QED) is 0.590. The number of carbonyl (C=O) groups excluding carboxylic acids is 1. The normalized spacial score (nSPS) is 19.4. The van der Waals surface area contributed by atoms with Crippen LogP contribution < -0.4 is 15.1 Å². The van der Waals surface area contributed by atoms with Crippen molar-refractivity contribution < 1.29 is 19.1 Å². The Balaban J connectivity index is 1.85. The first-order chi connectivity index (χ1) is 13.2. The number of carbonyl (C=O) groups is 1. The fourth-order valence-electron chi connectivity index (χ4n) is 3.70. The van der Waals surface area contributed by atoms with Crippen LogP contribution in [0, 0.1) is 20.8 Å². The van der Waals surface area contributed by atoms with E-state index in [1.54, 1.807) is 0 Å². The van der Waals surface area contributed by atoms with E-state index in [2.05, 4.69) is 24.5 Å². The zero-order chi connectivity index (χ0) is 20.5. The lowest BCUT2D eigenvalue weighted by Crippen LogP contribution is -2.41. The Morgan fingerprint density at radius 2 is 1.82 bits per heavy atom. The Bertz CT molecular complexity index is 878. The molecule has 0 radical (unpaired) electrons. The minimum atomic E-state index is -0.926. The summed E-state index contributed by atoms with van der Waals surface area (Å²) in [4.78, 5) is 17.5. The molecule has 2 atom stereocenters. The summed E-state index contributed by atoms with van der Waals surface area (Å²) in [5.74, 6) is 0.369. The average molecular weight is 383 g/mol. The molecular weight excluding hydrogens is 354 g/mol. The third kappa shape index (κ3) is 3.99. The van der Waals surface area contributed by atoms with Crippen molar-refractivity contribution in [3.63, 3.8) is 0 Å². The fraction of sp³-hybridized carbons (Fsp3) is 0.435. The molecule has 0 unspecified atom stereocenters. The fourth-order valence-corrected chi connectivity index (χ4v) is 3.70. The zero-order valence-corrected chi connectivity index (χ0v) is 17.5. The van der Waals surface area contributed by atoms with Gasteiger partial charge in [-0.3, -0.25) is 4.79 Å². The van der Waals surface area contributed by atoms with E-state index in [1.807, 2.05) is 45.9 Å². The third-order valence-corrected chi connectivity index (χ3v) is 5.46. The molecule has 0 spiro atoms. The number of fused-ring (bicyclic) bond motifs is 1. The van der Waals surface area contributed by atoms with Crippen LogP contribution in [-0.2, 0) is 16.0 Å². The molecule has 1 heterocycles. The number of esters is 1. The molecule has 0 aliphatic carbocycles. The van der Waals surface area contributed by atoms with E-state index in [-0.39, 0.29) is 12.0 Å². The minimum Gasteiger partial charge on any atom is -0.452 e. The Hall–Kier alpha value is -2.53. The van der Waals surface area contributed by atoms with E-state index in [4.69, 9.17) is 14.3 Å². The zero-order valence-electron chi connectivity index (χ0n) is 17.5. The summed E-state index contributed by atoms with van der Waals surface area (Å²) >= 11 is 0. The van der Waals surface area contributed by atoms with Crippen LogP contribution in [0.15, 0.2) is 30.3 Å². The largest absolute Gasteiger partial charge is 0.452 e. The van der Waals surface area contributed by atoms with Gasteiger partial charge in [0.2, 0.25) is 0 Å².